The third-order valence-corrected chi connectivity index (χ3v) is 5.48. The Bertz CT molecular complexity index is 1150. The fourth-order valence-electron chi connectivity index (χ4n) is 3.07. The largest absolute Gasteiger partial charge is 0.493 e. The van der Waals surface area contributed by atoms with E-state index in [1.807, 2.05) is 54.6 Å². The van der Waals surface area contributed by atoms with E-state index in [9.17, 15) is 0 Å². The predicted octanol–water partition coefficient (Wildman–Crippen LogP) is 5.85. The zero-order valence-corrected chi connectivity index (χ0v) is 18.7. The molecule has 0 unspecified atom stereocenters. The van der Waals surface area contributed by atoms with E-state index in [4.69, 9.17) is 23.4 Å². The van der Waals surface area contributed by atoms with Crippen molar-refractivity contribution in [3.05, 3.63) is 72.3 Å². The molecule has 0 atom stereocenters. The summed E-state index contributed by atoms with van der Waals surface area (Å²) in [7, 11) is 4.68. The van der Waals surface area contributed by atoms with Crippen molar-refractivity contribution in [2.24, 2.45) is 0 Å². The minimum atomic E-state index is 0.362. The molecule has 0 saturated heterocycles. The Hall–Kier alpha value is -3.65. The Labute approximate surface area is 190 Å². The van der Waals surface area contributed by atoms with Crippen molar-refractivity contribution < 1.29 is 23.4 Å². The van der Waals surface area contributed by atoms with Gasteiger partial charge >= 0.3 is 0 Å². The molecule has 0 radical (unpaired) electrons. The summed E-state index contributed by atoms with van der Waals surface area (Å²) in [6.07, 6.45) is 0. The summed E-state index contributed by atoms with van der Waals surface area (Å²) in [6, 6.07) is 21.1. The first-order valence-electron chi connectivity index (χ1n) is 9.79. The van der Waals surface area contributed by atoms with Crippen molar-refractivity contribution in [1.29, 1.82) is 0 Å². The normalized spacial score (nSPS) is 10.6. The zero-order chi connectivity index (χ0) is 22.3. The van der Waals surface area contributed by atoms with Gasteiger partial charge < -0.3 is 23.4 Å². The quantitative estimate of drug-likeness (QED) is 0.294. The van der Waals surface area contributed by atoms with E-state index in [-0.39, 0.29) is 0 Å². The monoisotopic (exact) mass is 450 g/mol. The molecule has 0 bridgehead atoms. The summed E-state index contributed by atoms with van der Waals surface area (Å²) in [5.41, 5.74) is 1.69. The van der Waals surface area contributed by atoms with Gasteiger partial charge in [0.05, 0.1) is 21.3 Å². The molecule has 3 aromatic carbocycles. The van der Waals surface area contributed by atoms with Gasteiger partial charge in [-0.1, -0.05) is 48.2 Å². The summed E-state index contributed by atoms with van der Waals surface area (Å²) in [4.78, 5) is 0. The van der Waals surface area contributed by atoms with Crippen LogP contribution in [-0.2, 0) is 5.75 Å². The van der Waals surface area contributed by atoms with Crippen molar-refractivity contribution in [3.8, 4) is 40.2 Å². The Kier molecular flexibility index (Phi) is 6.81. The molecule has 0 aliphatic carbocycles. The van der Waals surface area contributed by atoms with Crippen LogP contribution in [0.1, 0.15) is 5.56 Å². The number of nitrogens with zero attached hydrogens (tertiary/aromatic N) is 2. The molecule has 0 N–H and O–H groups in total. The standard InChI is InChI=1S/C24H22N2O5S/c1-27-20-13-17(14-21(28-2)22(20)29-3)23-25-26-24(31-23)32-15-16-9-7-8-12-19(16)30-18-10-5-4-6-11-18/h4-14H,15H2,1-3H3. The molecule has 4 aromatic rings. The van der Waals surface area contributed by atoms with E-state index in [1.165, 1.54) is 11.8 Å². The lowest BCUT2D eigenvalue weighted by Gasteiger charge is -2.12. The van der Waals surface area contributed by atoms with Crippen molar-refractivity contribution >= 4 is 11.8 Å². The van der Waals surface area contributed by atoms with Gasteiger partial charge in [0.2, 0.25) is 11.6 Å². The highest BCUT2D eigenvalue weighted by atomic mass is 32.2. The van der Waals surface area contributed by atoms with Gasteiger partial charge in [0.25, 0.3) is 5.22 Å². The van der Waals surface area contributed by atoms with E-state index in [2.05, 4.69) is 10.2 Å². The highest BCUT2D eigenvalue weighted by molar-refractivity contribution is 7.98. The summed E-state index contributed by atoms with van der Waals surface area (Å²) in [5, 5.41) is 8.79. The van der Waals surface area contributed by atoms with Gasteiger partial charge in [-0.2, -0.15) is 0 Å². The minimum absolute atomic E-state index is 0.362. The molecule has 8 heteroatoms. The molecule has 164 valence electrons. The zero-order valence-electron chi connectivity index (χ0n) is 17.9. The Morgan fingerprint density at radius 2 is 1.47 bits per heavy atom. The topological polar surface area (TPSA) is 75.8 Å². The van der Waals surface area contributed by atoms with Gasteiger partial charge in [-0.25, -0.2) is 0 Å². The molecule has 0 fully saturated rings. The van der Waals surface area contributed by atoms with Crippen LogP contribution in [0, 0.1) is 0 Å². The SMILES string of the molecule is COc1cc(-c2nnc(SCc3ccccc3Oc3ccccc3)o2)cc(OC)c1OC. The van der Waals surface area contributed by atoms with E-state index in [0.29, 0.717) is 39.7 Å². The van der Waals surface area contributed by atoms with Crippen LogP contribution in [0.4, 0.5) is 0 Å². The van der Waals surface area contributed by atoms with Crippen LogP contribution in [0.25, 0.3) is 11.5 Å². The number of methoxy groups -OCH3 is 3. The Morgan fingerprint density at radius 3 is 2.16 bits per heavy atom. The van der Waals surface area contributed by atoms with Crippen molar-refractivity contribution in [3.63, 3.8) is 0 Å². The van der Waals surface area contributed by atoms with Gasteiger partial charge in [0, 0.05) is 16.9 Å². The van der Waals surface area contributed by atoms with Crippen LogP contribution >= 0.6 is 11.8 Å². The number of benzene rings is 3. The maximum Gasteiger partial charge on any atom is 0.277 e. The second-order valence-corrected chi connectivity index (χ2v) is 7.53. The van der Waals surface area contributed by atoms with E-state index < -0.39 is 0 Å². The number of rotatable bonds is 9. The van der Waals surface area contributed by atoms with Crippen LogP contribution in [0.15, 0.2) is 76.4 Å². The molecule has 1 heterocycles. The maximum absolute atomic E-state index is 6.03. The number of hydrogen-bond donors (Lipinski definition) is 0. The highest BCUT2D eigenvalue weighted by Gasteiger charge is 2.18. The predicted molar refractivity (Wildman–Crippen MR) is 122 cm³/mol. The van der Waals surface area contributed by atoms with Gasteiger partial charge in [-0.15, -0.1) is 10.2 Å². The van der Waals surface area contributed by atoms with Crippen LogP contribution in [0.2, 0.25) is 0 Å². The number of aromatic nitrogens is 2. The fraction of sp³-hybridized carbons (Fsp3) is 0.167. The number of hydrogen-bond acceptors (Lipinski definition) is 8. The second kappa shape index (κ2) is 10.1. The van der Waals surface area contributed by atoms with Crippen LogP contribution in [0.5, 0.6) is 28.7 Å². The maximum atomic E-state index is 6.03. The third-order valence-electron chi connectivity index (χ3n) is 4.61. The van der Waals surface area contributed by atoms with Gasteiger partial charge in [0.1, 0.15) is 11.5 Å². The van der Waals surface area contributed by atoms with E-state index in [0.717, 1.165) is 17.1 Å². The summed E-state index contributed by atoms with van der Waals surface area (Å²) >= 11 is 1.43. The van der Waals surface area contributed by atoms with Crippen LogP contribution in [0.3, 0.4) is 0 Å². The minimum Gasteiger partial charge on any atom is -0.493 e. The van der Waals surface area contributed by atoms with Crippen LogP contribution < -0.4 is 18.9 Å². The lowest BCUT2D eigenvalue weighted by Crippen LogP contribution is -1.95. The molecule has 7 nitrogen and oxygen atoms in total. The average molecular weight is 451 g/mol. The first kappa shape index (κ1) is 21.6. The third kappa shape index (κ3) is 4.81. The summed E-state index contributed by atoms with van der Waals surface area (Å²) in [5.74, 6) is 4.08. The average Bonchev–Trinajstić information content (AvgIpc) is 3.32. The molecule has 1 aromatic heterocycles. The number of ether oxygens (including phenoxy) is 4. The highest BCUT2D eigenvalue weighted by Crippen LogP contribution is 2.41. The molecule has 4 rings (SSSR count). The molecule has 0 aliphatic rings. The lowest BCUT2D eigenvalue weighted by molar-refractivity contribution is 0.324. The summed E-state index contributed by atoms with van der Waals surface area (Å²) < 4.78 is 28.1. The molecular weight excluding hydrogens is 428 g/mol. The van der Waals surface area contributed by atoms with Gasteiger partial charge in [-0.3, -0.25) is 0 Å². The fourth-order valence-corrected chi connectivity index (χ4v) is 3.82. The van der Waals surface area contributed by atoms with Crippen LogP contribution in [-0.4, -0.2) is 31.5 Å². The molecular formula is C24H22N2O5S. The molecule has 0 amide bonds. The molecule has 32 heavy (non-hydrogen) atoms. The summed E-state index contributed by atoms with van der Waals surface area (Å²) in [6.45, 7) is 0. The second-order valence-electron chi connectivity index (χ2n) is 6.60. The first-order valence-corrected chi connectivity index (χ1v) is 10.8. The Morgan fingerprint density at radius 1 is 0.781 bits per heavy atom. The van der Waals surface area contributed by atoms with Crippen molar-refractivity contribution in [2.75, 3.05) is 21.3 Å². The molecule has 0 saturated carbocycles. The first-order chi connectivity index (χ1) is 15.7. The van der Waals surface area contributed by atoms with Crippen molar-refractivity contribution in [1.82, 2.24) is 10.2 Å². The Balaban J connectivity index is 1.51. The van der Waals surface area contributed by atoms with E-state index in [1.54, 1.807) is 33.5 Å². The number of para-hydroxylation sites is 2. The van der Waals surface area contributed by atoms with Crippen molar-refractivity contribution in [2.45, 2.75) is 11.0 Å². The smallest absolute Gasteiger partial charge is 0.277 e. The number of thioether (sulfide) groups is 1. The van der Waals surface area contributed by atoms with E-state index >= 15 is 0 Å². The molecule has 0 aliphatic heterocycles. The van der Waals surface area contributed by atoms with Gasteiger partial charge in [-0.05, 0) is 30.3 Å². The van der Waals surface area contributed by atoms with Gasteiger partial charge in [0.15, 0.2) is 11.5 Å². The molecule has 0 spiro atoms. The lowest BCUT2D eigenvalue weighted by atomic mass is 10.2.